The summed E-state index contributed by atoms with van der Waals surface area (Å²) in [6.45, 7) is 8.84. The molecule has 2 atom stereocenters. The number of ether oxygens (including phenoxy) is 1. The standard InChI is InChI=1S/C12H24N2O/c1-10(2)13-11-5-6-14(8-11)12-4-3-7-15-9-12/h10-13H,3-9H2,1-2H3. The molecule has 15 heavy (non-hydrogen) atoms. The van der Waals surface area contributed by atoms with Gasteiger partial charge < -0.3 is 10.1 Å². The van der Waals surface area contributed by atoms with Crippen molar-refractivity contribution in [3.05, 3.63) is 0 Å². The minimum atomic E-state index is 0.609. The average molecular weight is 212 g/mol. The third-order valence-corrected chi connectivity index (χ3v) is 3.44. The molecule has 0 aliphatic carbocycles. The number of hydrogen-bond acceptors (Lipinski definition) is 3. The van der Waals surface area contributed by atoms with Crippen molar-refractivity contribution in [2.75, 3.05) is 26.3 Å². The molecule has 2 saturated heterocycles. The van der Waals surface area contributed by atoms with Crippen LogP contribution in [-0.2, 0) is 4.74 Å². The lowest BCUT2D eigenvalue weighted by Crippen LogP contribution is -2.42. The second-order valence-electron chi connectivity index (χ2n) is 5.17. The van der Waals surface area contributed by atoms with Crippen LogP contribution in [0.2, 0.25) is 0 Å². The van der Waals surface area contributed by atoms with Crippen molar-refractivity contribution in [2.24, 2.45) is 0 Å². The fourth-order valence-electron chi connectivity index (χ4n) is 2.74. The van der Waals surface area contributed by atoms with Gasteiger partial charge in [0.2, 0.25) is 0 Å². The Morgan fingerprint density at radius 2 is 2.20 bits per heavy atom. The summed E-state index contributed by atoms with van der Waals surface area (Å²) in [5, 5.41) is 3.63. The van der Waals surface area contributed by atoms with Crippen LogP contribution in [0.3, 0.4) is 0 Å². The molecule has 3 heteroatoms. The third-order valence-electron chi connectivity index (χ3n) is 3.44. The first-order valence-corrected chi connectivity index (χ1v) is 6.33. The molecule has 3 nitrogen and oxygen atoms in total. The van der Waals surface area contributed by atoms with E-state index < -0.39 is 0 Å². The highest BCUT2D eigenvalue weighted by atomic mass is 16.5. The van der Waals surface area contributed by atoms with Gasteiger partial charge in [0.1, 0.15) is 0 Å². The highest BCUT2D eigenvalue weighted by Crippen LogP contribution is 2.19. The van der Waals surface area contributed by atoms with E-state index in [0.717, 1.165) is 13.2 Å². The van der Waals surface area contributed by atoms with Crippen LogP contribution in [0, 0.1) is 0 Å². The molecule has 2 fully saturated rings. The highest BCUT2D eigenvalue weighted by Gasteiger charge is 2.29. The van der Waals surface area contributed by atoms with E-state index in [1.807, 2.05) is 0 Å². The summed E-state index contributed by atoms with van der Waals surface area (Å²) in [6, 6.07) is 2.00. The first-order valence-electron chi connectivity index (χ1n) is 6.33. The molecular formula is C12H24N2O. The molecule has 0 aromatic heterocycles. The van der Waals surface area contributed by atoms with E-state index in [1.165, 1.54) is 32.4 Å². The van der Waals surface area contributed by atoms with Crippen molar-refractivity contribution in [3.8, 4) is 0 Å². The van der Waals surface area contributed by atoms with Crippen LogP contribution >= 0.6 is 0 Å². The van der Waals surface area contributed by atoms with E-state index in [1.54, 1.807) is 0 Å². The van der Waals surface area contributed by atoms with Gasteiger partial charge in [0.25, 0.3) is 0 Å². The number of rotatable bonds is 3. The molecule has 0 aromatic rings. The Morgan fingerprint density at radius 1 is 1.33 bits per heavy atom. The maximum absolute atomic E-state index is 5.55. The smallest absolute Gasteiger partial charge is 0.0621 e. The van der Waals surface area contributed by atoms with Gasteiger partial charge in [-0.25, -0.2) is 0 Å². The average Bonchev–Trinajstić information content (AvgIpc) is 2.67. The second-order valence-corrected chi connectivity index (χ2v) is 5.17. The zero-order valence-corrected chi connectivity index (χ0v) is 10.0. The molecule has 2 aliphatic heterocycles. The van der Waals surface area contributed by atoms with E-state index in [2.05, 4.69) is 24.1 Å². The van der Waals surface area contributed by atoms with E-state index in [4.69, 9.17) is 4.74 Å². The maximum atomic E-state index is 5.55. The summed E-state index contributed by atoms with van der Waals surface area (Å²) in [7, 11) is 0. The maximum Gasteiger partial charge on any atom is 0.0621 e. The molecule has 2 heterocycles. The van der Waals surface area contributed by atoms with Crippen molar-refractivity contribution in [3.63, 3.8) is 0 Å². The Hall–Kier alpha value is -0.120. The lowest BCUT2D eigenvalue weighted by molar-refractivity contribution is 0.0260. The van der Waals surface area contributed by atoms with Crippen molar-refractivity contribution >= 4 is 0 Å². The molecular weight excluding hydrogens is 188 g/mol. The summed E-state index contributed by atoms with van der Waals surface area (Å²) in [5.41, 5.74) is 0. The van der Waals surface area contributed by atoms with Crippen molar-refractivity contribution in [1.29, 1.82) is 0 Å². The first-order chi connectivity index (χ1) is 7.25. The van der Waals surface area contributed by atoms with Crippen LogP contribution < -0.4 is 5.32 Å². The normalized spacial score (nSPS) is 33.8. The molecule has 0 aromatic carbocycles. The minimum absolute atomic E-state index is 0.609. The van der Waals surface area contributed by atoms with Gasteiger partial charge in [-0.2, -0.15) is 0 Å². The van der Waals surface area contributed by atoms with Gasteiger partial charge in [-0.05, 0) is 19.3 Å². The van der Waals surface area contributed by atoms with Crippen LogP contribution in [0.5, 0.6) is 0 Å². The van der Waals surface area contributed by atoms with Gasteiger partial charge in [-0.1, -0.05) is 13.8 Å². The fraction of sp³-hybridized carbons (Fsp3) is 1.00. The molecule has 1 N–H and O–H groups in total. The summed E-state index contributed by atoms with van der Waals surface area (Å²) in [5.74, 6) is 0. The third kappa shape index (κ3) is 3.16. The number of nitrogens with one attached hydrogen (secondary N) is 1. The predicted molar refractivity (Wildman–Crippen MR) is 62.1 cm³/mol. The van der Waals surface area contributed by atoms with Gasteiger partial charge in [-0.15, -0.1) is 0 Å². The van der Waals surface area contributed by atoms with Gasteiger partial charge >= 0.3 is 0 Å². The second kappa shape index (κ2) is 5.28. The highest BCUT2D eigenvalue weighted by molar-refractivity contribution is 4.86. The molecule has 0 bridgehead atoms. The zero-order chi connectivity index (χ0) is 10.7. The van der Waals surface area contributed by atoms with Gasteiger partial charge in [0.05, 0.1) is 6.61 Å². The Labute approximate surface area is 93.2 Å². The van der Waals surface area contributed by atoms with E-state index in [9.17, 15) is 0 Å². The number of likely N-dealkylation sites (tertiary alicyclic amines) is 1. The quantitative estimate of drug-likeness (QED) is 0.762. The minimum Gasteiger partial charge on any atom is -0.380 e. The molecule has 2 aliphatic rings. The van der Waals surface area contributed by atoms with Gasteiger partial charge in [-0.3, -0.25) is 4.90 Å². The van der Waals surface area contributed by atoms with Crippen LogP contribution in [0.15, 0.2) is 0 Å². The van der Waals surface area contributed by atoms with E-state index in [0.29, 0.717) is 18.1 Å². The molecule has 2 rings (SSSR count). The zero-order valence-electron chi connectivity index (χ0n) is 10.0. The number of hydrogen-bond donors (Lipinski definition) is 1. The van der Waals surface area contributed by atoms with Crippen LogP contribution in [-0.4, -0.2) is 49.3 Å². The largest absolute Gasteiger partial charge is 0.380 e. The molecule has 0 amide bonds. The van der Waals surface area contributed by atoms with E-state index >= 15 is 0 Å². The molecule has 0 spiro atoms. The van der Waals surface area contributed by atoms with Gasteiger partial charge in [0.15, 0.2) is 0 Å². The lowest BCUT2D eigenvalue weighted by atomic mass is 10.1. The number of nitrogens with zero attached hydrogens (tertiary/aromatic N) is 1. The lowest BCUT2D eigenvalue weighted by Gasteiger charge is -2.31. The first kappa shape index (κ1) is 11.4. The van der Waals surface area contributed by atoms with Crippen molar-refractivity contribution < 1.29 is 4.74 Å². The fourth-order valence-corrected chi connectivity index (χ4v) is 2.74. The van der Waals surface area contributed by atoms with Crippen LogP contribution in [0.1, 0.15) is 33.1 Å². The summed E-state index contributed by atoms with van der Waals surface area (Å²) in [4.78, 5) is 2.61. The van der Waals surface area contributed by atoms with Gasteiger partial charge in [0, 0.05) is 37.8 Å². The van der Waals surface area contributed by atoms with Crippen LogP contribution in [0.4, 0.5) is 0 Å². The molecule has 0 radical (unpaired) electrons. The SMILES string of the molecule is CC(C)NC1CCN(C2CCCOC2)C1. The molecule has 0 saturated carbocycles. The summed E-state index contributed by atoms with van der Waals surface area (Å²) >= 11 is 0. The summed E-state index contributed by atoms with van der Waals surface area (Å²) in [6.07, 6.45) is 3.87. The van der Waals surface area contributed by atoms with E-state index in [-0.39, 0.29) is 0 Å². The molecule has 2 unspecified atom stereocenters. The Morgan fingerprint density at radius 3 is 2.87 bits per heavy atom. The van der Waals surface area contributed by atoms with Crippen molar-refractivity contribution in [2.45, 2.75) is 51.2 Å². The van der Waals surface area contributed by atoms with Crippen molar-refractivity contribution in [1.82, 2.24) is 10.2 Å². The van der Waals surface area contributed by atoms with Crippen LogP contribution in [0.25, 0.3) is 0 Å². The predicted octanol–water partition coefficient (Wildman–Crippen LogP) is 1.24. The monoisotopic (exact) mass is 212 g/mol. The summed E-state index contributed by atoms with van der Waals surface area (Å²) < 4.78 is 5.55. The Balaban J connectivity index is 1.76. The Bertz CT molecular complexity index is 190. The molecule has 88 valence electrons. The Kier molecular flexibility index (Phi) is 4.00. The topological polar surface area (TPSA) is 24.5 Å².